The number of aryl methyl sites for hydroxylation is 3. The summed E-state index contributed by atoms with van der Waals surface area (Å²) in [6, 6.07) is 13.6. The Morgan fingerprint density at radius 1 is 1.15 bits per heavy atom. The molecular formula is C25H24N6O3. The smallest absolute Gasteiger partial charge is 0.278 e. The number of benzene rings is 2. The van der Waals surface area contributed by atoms with Gasteiger partial charge < -0.3 is 14.4 Å². The molecule has 0 bridgehead atoms. The van der Waals surface area contributed by atoms with Gasteiger partial charge in [-0.2, -0.15) is 4.98 Å². The molecule has 5 aromatic rings. The number of hydrogen-bond acceptors (Lipinski definition) is 6. The molecular weight excluding hydrogens is 432 g/mol. The van der Waals surface area contributed by atoms with Gasteiger partial charge in [-0.1, -0.05) is 35.8 Å². The summed E-state index contributed by atoms with van der Waals surface area (Å²) in [5, 5.41) is 7.56. The molecule has 1 amide bonds. The molecule has 3 heterocycles. The molecule has 1 N–H and O–H groups in total. The monoisotopic (exact) mass is 456 g/mol. The van der Waals surface area contributed by atoms with Gasteiger partial charge in [0, 0.05) is 11.1 Å². The topological polar surface area (TPSA) is 108 Å². The first-order chi connectivity index (χ1) is 16.4. The van der Waals surface area contributed by atoms with Gasteiger partial charge >= 0.3 is 0 Å². The first kappa shape index (κ1) is 21.6. The molecule has 0 radical (unpaired) electrons. The Balaban J connectivity index is 1.58. The molecule has 172 valence electrons. The Kier molecular flexibility index (Phi) is 5.45. The Bertz CT molecular complexity index is 1590. The second kappa shape index (κ2) is 8.58. The third kappa shape index (κ3) is 3.96. The van der Waals surface area contributed by atoms with Crippen LogP contribution >= 0.6 is 0 Å². The van der Waals surface area contributed by atoms with Crippen molar-refractivity contribution in [3.8, 4) is 0 Å². The van der Waals surface area contributed by atoms with Gasteiger partial charge in [0.2, 0.25) is 11.8 Å². The molecule has 0 fully saturated rings. The lowest BCUT2D eigenvalue weighted by molar-refractivity contribution is -0.116. The highest BCUT2D eigenvalue weighted by molar-refractivity contribution is 6.06. The van der Waals surface area contributed by atoms with Crippen LogP contribution in [0.5, 0.6) is 0 Å². The third-order valence-corrected chi connectivity index (χ3v) is 5.78. The number of carbonyl (C=O) groups excluding carboxylic acids is 1. The van der Waals surface area contributed by atoms with E-state index >= 15 is 0 Å². The fourth-order valence-corrected chi connectivity index (χ4v) is 4.15. The summed E-state index contributed by atoms with van der Waals surface area (Å²) in [5.74, 6) is 0.577. The van der Waals surface area contributed by atoms with Gasteiger partial charge in [-0.05, 0) is 50.1 Å². The summed E-state index contributed by atoms with van der Waals surface area (Å²) in [5.41, 5.74) is 4.31. The third-order valence-electron chi connectivity index (χ3n) is 5.78. The number of nitrogens with one attached hydrogen (secondary N) is 1. The lowest BCUT2D eigenvalue weighted by Gasteiger charge is -2.10. The first-order valence-electron chi connectivity index (χ1n) is 11.1. The van der Waals surface area contributed by atoms with Gasteiger partial charge in [0.15, 0.2) is 5.82 Å². The summed E-state index contributed by atoms with van der Waals surface area (Å²) < 4.78 is 8.32. The van der Waals surface area contributed by atoms with Crippen molar-refractivity contribution in [2.24, 2.45) is 0 Å². The van der Waals surface area contributed by atoms with E-state index < -0.39 is 0 Å². The van der Waals surface area contributed by atoms with Crippen LogP contribution in [0.1, 0.15) is 29.8 Å². The molecule has 2 aromatic carbocycles. The van der Waals surface area contributed by atoms with Crippen molar-refractivity contribution in [2.75, 3.05) is 5.32 Å². The molecule has 0 aliphatic carbocycles. The zero-order chi connectivity index (χ0) is 23.8. The number of anilines is 1. The van der Waals surface area contributed by atoms with Crippen LogP contribution in [-0.4, -0.2) is 30.2 Å². The maximum Gasteiger partial charge on any atom is 0.278 e. The molecule has 0 aliphatic heterocycles. The molecule has 0 aliphatic rings. The Labute approximate surface area is 195 Å². The van der Waals surface area contributed by atoms with E-state index in [-0.39, 0.29) is 24.6 Å². The minimum atomic E-state index is -0.282. The van der Waals surface area contributed by atoms with Crippen LogP contribution in [0.2, 0.25) is 0 Å². The van der Waals surface area contributed by atoms with Crippen molar-refractivity contribution >= 4 is 33.5 Å². The van der Waals surface area contributed by atoms with Crippen molar-refractivity contribution in [3.63, 3.8) is 0 Å². The van der Waals surface area contributed by atoms with Gasteiger partial charge in [-0.15, -0.1) is 0 Å². The number of amides is 1. The minimum Gasteiger partial charge on any atom is -0.337 e. The van der Waals surface area contributed by atoms with E-state index in [1.807, 2.05) is 49.4 Å². The van der Waals surface area contributed by atoms with Crippen molar-refractivity contribution in [2.45, 2.75) is 40.3 Å². The molecule has 0 saturated heterocycles. The number of rotatable bonds is 6. The van der Waals surface area contributed by atoms with Crippen LogP contribution in [0.4, 0.5) is 5.69 Å². The average Bonchev–Trinajstić information content (AvgIpc) is 3.36. The predicted molar refractivity (Wildman–Crippen MR) is 129 cm³/mol. The highest BCUT2D eigenvalue weighted by atomic mass is 16.5. The van der Waals surface area contributed by atoms with E-state index in [2.05, 4.69) is 27.4 Å². The van der Waals surface area contributed by atoms with Gasteiger partial charge in [0.1, 0.15) is 24.1 Å². The largest absolute Gasteiger partial charge is 0.337 e. The Morgan fingerprint density at radius 3 is 2.76 bits per heavy atom. The van der Waals surface area contributed by atoms with Gasteiger partial charge in [0.05, 0.1) is 11.8 Å². The molecule has 9 heteroatoms. The van der Waals surface area contributed by atoms with Crippen molar-refractivity contribution in [1.29, 1.82) is 0 Å². The van der Waals surface area contributed by atoms with Gasteiger partial charge in [0.25, 0.3) is 5.56 Å². The standard InChI is InChI=1S/C25H24N6O3/c1-4-17-6-5-7-18(11-17)28-21(32)12-31-20-9-8-15(2)10-19(20)23-24(31)25(33)30(14-26-23)13-22-27-16(3)29-34-22/h5-11,14H,4,12-13H2,1-3H3,(H,28,32). The minimum absolute atomic E-state index is 0.0278. The molecule has 9 nitrogen and oxygen atoms in total. The Morgan fingerprint density at radius 2 is 2.00 bits per heavy atom. The van der Waals surface area contributed by atoms with Crippen LogP contribution in [0.3, 0.4) is 0 Å². The highest BCUT2D eigenvalue weighted by Gasteiger charge is 2.19. The van der Waals surface area contributed by atoms with Crippen LogP contribution in [-0.2, 0) is 24.3 Å². The molecule has 3 aromatic heterocycles. The summed E-state index contributed by atoms with van der Waals surface area (Å²) in [4.78, 5) is 35.3. The van der Waals surface area contributed by atoms with E-state index in [1.54, 1.807) is 11.5 Å². The van der Waals surface area contributed by atoms with E-state index in [4.69, 9.17) is 4.52 Å². The van der Waals surface area contributed by atoms with Gasteiger partial charge in [-0.25, -0.2) is 4.98 Å². The van der Waals surface area contributed by atoms with Crippen molar-refractivity contribution < 1.29 is 9.32 Å². The molecule has 0 spiro atoms. The second-order valence-corrected chi connectivity index (χ2v) is 8.32. The molecule has 34 heavy (non-hydrogen) atoms. The number of nitrogens with zero attached hydrogens (tertiary/aromatic N) is 5. The van der Waals surface area contributed by atoms with Gasteiger partial charge in [-0.3, -0.25) is 14.2 Å². The fourth-order valence-electron chi connectivity index (χ4n) is 4.15. The lowest BCUT2D eigenvalue weighted by Crippen LogP contribution is -2.25. The summed E-state index contributed by atoms with van der Waals surface area (Å²) in [6.45, 7) is 5.83. The van der Waals surface area contributed by atoms with Crippen LogP contribution in [0.15, 0.2) is 58.1 Å². The Hall–Kier alpha value is -4.27. The molecule has 0 atom stereocenters. The maximum absolute atomic E-state index is 13.5. The van der Waals surface area contributed by atoms with Crippen LogP contribution in [0, 0.1) is 13.8 Å². The molecule has 5 rings (SSSR count). The maximum atomic E-state index is 13.5. The average molecular weight is 457 g/mol. The summed E-state index contributed by atoms with van der Waals surface area (Å²) in [6.07, 6.45) is 2.35. The number of hydrogen-bond donors (Lipinski definition) is 1. The number of carbonyl (C=O) groups is 1. The highest BCUT2D eigenvalue weighted by Crippen LogP contribution is 2.26. The van der Waals surface area contributed by atoms with Crippen molar-refractivity contribution in [1.82, 2.24) is 24.3 Å². The fraction of sp³-hybridized carbons (Fsp3) is 0.240. The quantitative estimate of drug-likeness (QED) is 0.418. The molecule has 0 saturated carbocycles. The SMILES string of the molecule is CCc1cccc(NC(=O)Cn2c3ccc(C)cc3c3ncn(Cc4nc(C)no4)c(=O)c32)c1. The van der Waals surface area contributed by atoms with Crippen LogP contribution < -0.4 is 10.9 Å². The van der Waals surface area contributed by atoms with E-state index in [0.29, 0.717) is 22.7 Å². The second-order valence-electron chi connectivity index (χ2n) is 8.32. The number of aromatic nitrogens is 5. The van der Waals surface area contributed by atoms with E-state index in [1.165, 1.54) is 10.9 Å². The number of fused-ring (bicyclic) bond motifs is 3. The van der Waals surface area contributed by atoms with Crippen molar-refractivity contribution in [3.05, 3.63) is 82.0 Å². The molecule has 0 unspecified atom stereocenters. The summed E-state index contributed by atoms with van der Waals surface area (Å²) >= 11 is 0. The van der Waals surface area contributed by atoms with E-state index in [9.17, 15) is 9.59 Å². The lowest BCUT2D eigenvalue weighted by atomic mass is 10.1. The van der Waals surface area contributed by atoms with Crippen LogP contribution in [0.25, 0.3) is 21.9 Å². The zero-order valence-corrected chi connectivity index (χ0v) is 19.2. The predicted octanol–water partition coefficient (Wildman–Crippen LogP) is 3.60. The normalized spacial score (nSPS) is 11.4. The summed E-state index contributed by atoms with van der Waals surface area (Å²) in [7, 11) is 0. The first-order valence-corrected chi connectivity index (χ1v) is 11.1. The van der Waals surface area contributed by atoms with E-state index in [0.717, 1.165) is 34.1 Å². The zero-order valence-electron chi connectivity index (χ0n) is 19.2.